The molecular weight excluding hydrogens is 259 g/mol. The molecule has 1 aromatic heterocycles. The molecule has 0 amide bonds. The summed E-state index contributed by atoms with van der Waals surface area (Å²) < 4.78 is 40.1. The molecule has 3 N–H and O–H groups in total. The maximum atomic E-state index is 13.0. The summed E-state index contributed by atoms with van der Waals surface area (Å²) in [6.07, 6.45) is -4.32. The van der Waals surface area contributed by atoms with Crippen LogP contribution in [0.25, 0.3) is 11.0 Å². The van der Waals surface area contributed by atoms with Crippen LogP contribution in [0, 0.1) is 0 Å². The van der Waals surface area contributed by atoms with Crippen molar-refractivity contribution in [1.29, 1.82) is 0 Å². The number of halogens is 3. The molecule has 0 aliphatic carbocycles. The highest BCUT2D eigenvalue weighted by atomic mass is 19.4. The molecule has 7 heteroatoms. The van der Waals surface area contributed by atoms with E-state index in [0.29, 0.717) is 11.2 Å². The van der Waals surface area contributed by atoms with Crippen LogP contribution in [-0.4, -0.2) is 21.3 Å². The number of anilines is 1. The number of hydrogen-bond acceptors (Lipinski definition) is 3. The van der Waals surface area contributed by atoms with E-state index >= 15 is 0 Å². The Bertz CT molecular complexity index is 592. The zero-order chi connectivity index (χ0) is 14.2. The van der Waals surface area contributed by atoms with Gasteiger partial charge in [-0.2, -0.15) is 13.2 Å². The second-order valence-electron chi connectivity index (χ2n) is 4.41. The first-order valence-corrected chi connectivity index (χ1v) is 5.80. The van der Waals surface area contributed by atoms with Gasteiger partial charge in [0.1, 0.15) is 0 Å². The quantitative estimate of drug-likeness (QED) is 0.845. The number of nitrogens with two attached hydrogens (primary N) is 1. The molecule has 4 nitrogen and oxygen atoms in total. The van der Waals surface area contributed by atoms with Crippen molar-refractivity contribution in [3.63, 3.8) is 0 Å². The van der Waals surface area contributed by atoms with Gasteiger partial charge in [-0.1, -0.05) is 0 Å². The minimum absolute atomic E-state index is 0.187. The van der Waals surface area contributed by atoms with E-state index in [0.717, 1.165) is 4.57 Å². The second-order valence-corrected chi connectivity index (χ2v) is 4.41. The van der Waals surface area contributed by atoms with Crippen LogP contribution in [0.4, 0.5) is 18.9 Å². The zero-order valence-electron chi connectivity index (χ0n) is 10.3. The lowest BCUT2D eigenvalue weighted by Crippen LogP contribution is -2.18. The van der Waals surface area contributed by atoms with Crippen LogP contribution >= 0.6 is 0 Å². The molecule has 0 spiro atoms. The third kappa shape index (κ3) is 2.51. The highest BCUT2D eigenvalue weighted by molar-refractivity contribution is 5.80. The van der Waals surface area contributed by atoms with E-state index in [4.69, 9.17) is 10.8 Å². The number of alkyl halides is 3. The normalized spacial score (nSPS) is 13.9. The number of hydrogen-bond donors (Lipinski definition) is 2. The Balaban J connectivity index is 2.68. The molecule has 0 saturated carbocycles. The number of aliphatic hydroxyl groups is 1. The first-order valence-electron chi connectivity index (χ1n) is 5.80. The molecular formula is C12H14F3N3O. The van der Waals surface area contributed by atoms with Crippen LogP contribution in [0.3, 0.4) is 0 Å². The Hall–Kier alpha value is -1.76. The summed E-state index contributed by atoms with van der Waals surface area (Å²) in [5, 5.41) is 8.91. The van der Waals surface area contributed by atoms with Crippen LogP contribution in [0.1, 0.15) is 25.2 Å². The van der Waals surface area contributed by atoms with Crippen molar-refractivity contribution < 1.29 is 18.3 Å². The molecule has 0 unspecified atom stereocenters. The first-order chi connectivity index (χ1) is 8.84. The number of aliphatic hydroxyl groups excluding tert-OH is 1. The lowest BCUT2D eigenvalue weighted by atomic mass is 10.2. The Morgan fingerprint density at radius 2 is 2.11 bits per heavy atom. The predicted octanol–water partition coefficient (Wildman–Crippen LogP) is 2.58. The molecule has 0 radical (unpaired) electrons. The van der Waals surface area contributed by atoms with Gasteiger partial charge >= 0.3 is 6.18 Å². The number of imidazole rings is 1. The van der Waals surface area contributed by atoms with Crippen molar-refractivity contribution in [3.05, 3.63) is 24.0 Å². The van der Waals surface area contributed by atoms with Crippen molar-refractivity contribution in [2.75, 3.05) is 12.3 Å². The largest absolute Gasteiger partial charge is 0.449 e. The molecule has 0 bridgehead atoms. The summed E-state index contributed by atoms with van der Waals surface area (Å²) in [4.78, 5) is 3.62. The lowest BCUT2D eigenvalue weighted by Gasteiger charge is -2.17. The highest BCUT2D eigenvalue weighted by Crippen LogP contribution is 2.34. The van der Waals surface area contributed by atoms with Crippen molar-refractivity contribution in [2.24, 2.45) is 0 Å². The first kappa shape index (κ1) is 13.7. The van der Waals surface area contributed by atoms with Gasteiger partial charge in [0.2, 0.25) is 5.82 Å². The highest BCUT2D eigenvalue weighted by Gasteiger charge is 2.38. The van der Waals surface area contributed by atoms with E-state index in [1.807, 2.05) is 0 Å². The van der Waals surface area contributed by atoms with Crippen molar-refractivity contribution in [2.45, 2.75) is 25.6 Å². The Kier molecular flexibility index (Phi) is 3.40. The molecule has 2 rings (SSSR count). The van der Waals surface area contributed by atoms with Gasteiger partial charge in [0.15, 0.2) is 0 Å². The number of fused-ring (bicyclic) bond motifs is 1. The minimum atomic E-state index is -4.54. The van der Waals surface area contributed by atoms with E-state index in [1.165, 1.54) is 18.2 Å². The molecule has 2 aromatic rings. The molecule has 19 heavy (non-hydrogen) atoms. The molecule has 0 saturated heterocycles. The lowest BCUT2D eigenvalue weighted by molar-refractivity contribution is -0.147. The number of nitrogen functional groups attached to an aromatic ring is 1. The topological polar surface area (TPSA) is 64.1 Å². The summed E-state index contributed by atoms with van der Waals surface area (Å²) >= 11 is 0. The Labute approximate surface area is 107 Å². The number of benzene rings is 1. The standard InChI is InChI=1S/C12H14F3N3O/c1-7(4-5-19)18-10-3-2-8(16)6-9(10)17-11(18)12(13,14)15/h2-3,6-7,19H,4-5,16H2,1H3/t7-/m0/s1. The molecule has 1 aromatic carbocycles. The third-order valence-electron chi connectivity index (χ3n) is 2.95. The fraction of sp³-hybridized carbons (Fsp3) is 0.417. The molecule has 0 aliphatic rings. The predicted molar refractivity (Wildman–Crippen MR) is 65.6 cm³/mol. The van der Waals surface area contributed by atoms with Gasteiger partial charge in [0, 0.05) is 18.3 Å². The van der Waals surface area contributed by atoms with Gasteiger partial charge in [-0.05, 0) is 31.5 Å². The Morgan fingerprint density at radius 1 is 1.42 bits per heavy atom. The SMILES string of the molecule is C[C@@H](CCO)n1c(C(F)(F)F)nc2cc(N)ccc21. The van der Waals surface area contributed by atoms with Crippen LogP contribution in [-0.2, 0) is 6.18 Å². The smallest absolute Gasteiger partial charge is 0.399 e. The van der Waals surface area contributed by atoms with Gasteiger partial charge < -0.3 is 15.4 Å². The summed E-state index contributed by atoms with van der Waals surface area (Å²) in [6, 6.07) is 3.95. The number of aromatic nitrogens is 2. The van der Waals surface area contributed by atoms with Gasteiger partial charge in [-0.15, -0.1) is 0 Å². The van der Waals surface area contributed by atoms with E-state index in [9.17, 15) is 13.2 Å². The van der Waals surface area contributed by atoms with Crippen molar-refractivity contribution in [3.8, 4) is 0 Å². The van der Waals surface area contributed by atoms with Crippen LogP contribution in [0.2, 0.25) is 0 Å². The van der Waals surface area contributed by atoms with Gasteiger partial charge in [-0.25, -0.2) is 4.98 Å². The van der Waals surface area contributed by atoms with E-state index in [-0.39, 0.29) is 18.5 Å². The van der Waals surface area contributed by atoms with Crippen LogP contribution < -0.4 is 5.73 Å². The Morgan fingerprint density at radius 3 is 2.68 bits per heavy atom. The summed E-state index contributed by atoms with van der Waals surface area (Å²) in [5.74, 6) is -0.964. The monoisotopic (exact) mass is 273 g/mol. The average Bonchev–Trinajstić information content (AvgIpc) is 2.67. The maximum absolute atomic E-state index is 13.0. The molecule has 1 atom stereocenters. The van der Waals surface area contributed by atoms with E-state index in [1.54, 1.807) is 6.92 Å². The third-order valence-corrected chi connectivity index (χ3v) is 2.95. The number of rotatable bonds is 3. The summed E-state index contributed by atoms with van der Waals surface area (Å²) in [7, 11) is 0. The van der Waals surface area contributed by atoms with Gasteiger partial charge in [0.25, 0.3) is 0 Å². The maximum Gasteiger partial charge on any atom is 0.449 e. The fourth-order valence-electron chi connectivity index (χ4n) is 2.08. The summed E-state index contributed by atoms with van der Waals surface area (Å²) in [5.41, 5.74) is 6.49. The minimum Gasteiger partial charge on any atom is -0.399 e. The molecule has 1 heterocycles. The van der Waals surface area contributed by atoms with Crippen LogP contribution in [0.5, 0.6) is 0 Å². The molecule has 0 fully saturated rings. The van der Waals surface area contributed by atoms with Gasteiger partial charge in [0.05, 0.1) is 11.0 Å². The molecule has 104 valence electrons. The van der Waals surface area contributed by atoms with E-state index < -0.39 is 18.0 Å². The fourth-order valence-corrected chi connectivity index (χ4v) is 2.08. The van der Waals surface area contributed by atoms with Crippen LogP contribution in [0.15, 0.2) is 18.2 Å². The van der Waals surface area contributed by atoms with Crippen molar-refractivity contribution >= 4 is 16.7 Å². The van der Waals surface area contributed by atoms with Crippen molar-refractivity contribution in [1.82, 2.24) is 9.55 Å². The van der Waals surface area contributed by atoms with E-state index in [2.05, 4.69) is 4.98 Å². The zero-order valence-corrected chi connectivity index (χ0v) is 10.3. The second kappa shape index (κ2) is 4.73. The number of nitrogens with zero attached hydrogens (tertiary/aromatic N) is 2. The average molecular weight is 273 g/mol. The van der Waals surface area contributed by atoms with Gasteiger partial charge in [-0.3, -0.25) is 0 Å². The molecule has 0 aliphatic heterocycles. The summed E-state index contributed by atoms with van der Waals surface area (Å²) in [6.45, 7) is 1.43.